The molecule has 0 spiro atoms. The molecule has 1 aromatic heterocycles. The summed E-state index contributed by atoms with van der Waals surface area (Å²) in [5, 5.41) is 5.59. The van der Waals surface area contributed by atoms with Crippen molar-refractivity contribution in [2.24, 2.45) is 0 Å². The van der Waals surface area contributed by atoms with Crippen LogP contribution in [0.1, 0.15) is 32.9 Å². The van der Waals surface area contributed by atoms with Gasteiger partial charge in [-0.1, -0.05) is 11.8 Å². The van der Waals surface area contributed by atoms with E-state index in [9.17, 15) is 0 Å². The molecular formula is C11H20N2S2. The maximum Gasteiger partial charge on any atom is 0.150 e. The van der Waals surface area contributed by atoms with Crippen LogP contribution in [-0.4, -0.2) is 22.8 Å². The van der Waals surface area contributed by atoms with E-state index in [1.54, 1.807) is 11.3 Å². The molecule has 1 heterocycles. The van der Waals surface area contributed by atoms with Crippen LogP contribution in [0.25, 0.3) is 0 Å². The minimum atomic E-state index is 0.239. The van der Waals surface area contributed by atoms with Gasteiger partial charge >= 0.3 is 0 Å². The number of thiazole rings is 1. The Bertz CT molecular complexity index is 289. The molecule has 0 bridgehead atoms. The normalized spacial score (nSPS) is 12.0. The van der Waals surface area contributed by atoms with Crippen molar-refractivity contribution in [3.05, 3.63) is 11.1 Å². The van der Waals surface area contributed by atoms with Crippen LogP contribution in [0.5, 0.6) is 0 Å². The Morgan fingerprint density at radius 3 is 2.73 bits per heavy atom. The van der Waals surface area contributed by atoms with Crippen molar-refractivity contribution in [1.82, 2.24) is 10.3 Å². The average molecular weight is 244 g/mol. The van der Waals surface area contributed by atoms with Gasteiger partial charge in [-0.05, 0) is 40.7 Å². The van der Waals surface area contributed by atoms with Gasteiger partial charge in [0.1, 0.15) is 4.34 Å². The predicted molar refractivity (Wildman–Crippen MR) is 69.9 cm³/mol. The molecule has 0 saturated heterocycles. The van der Waals surface area contributed by atoms with Gasteiger partial charge in [0.15, 0.2) is 0 Å². The summed E-state index contributed by atoms with van der Waals surface area (Å²) >= 11 is 3.60. The first kappa shape index (κ1) is 13.0. The Labute approximate surface area is 101 Å². The summed E-state index contributed by atoms with van der Waals surface area (Å²) < 4.78 is 1.20. The van der Waals surface area contributed by atoms with Gasteiger partial charge in [0.2, 0.25) is 0 Å². The van der Waals surface area contributed by atoms with Crippen LogP contribution in [0, 0.1) is 6.92 Å². The third-order valence-electron chi connectivity index (χ3n) is 1.80. The van der Waals surface area contributed by atoms with Crippen LogP contribution < -0.4 is 5.32 Å². The van der Waals surface area contributed by atoms with Gasteiger partial charge in [0.05, 0.1) is 0 Å². The molecular weight excluding hydrogens is 224 g/mol. The summed E-state index contributed by atoms with van der Waals surface area (Å²) in [5.74, 6) is 1.15. The number of aryl methyl sites for hydroxylation is 1. The highest BCUT2D eigenvalue weighted by molar-refractivity contribution is 8.00. The fourth-order valence-electron chi connectivity index (χ4n) is 1.09. The molecule has 0 aliphatic heterocycles. The van der Waals surface area contributed by atoms with Gasteiger partial charge in [-0.25, -0.2) is 4.98 Å². The first-order chi connectivity index (χ1) is 6.97. The van der Waals surface area contributed by atoms with E-state index in [1.807, 2.05) is 18.7 Å². The zero-order valence-corrected chi connectivity index (χ0v) is 11.6. The van der Waals surface area contributed by atoms with E-state index in [1.165, 1.54) is 10.8 Å². The van der Waals surface area contributed by atoms with E-state index in [0.717, 1.165) is 18.0 Å². The minimum absolute atomic E-state index is 0.239. The summed E-state index contributed by atoms with van der Waals surface area (Å²) in [7, 11) is 0. The number of thioether (sulfide) groups is 1. The first-order valence-corrected chi connectivity index (χ1v) is 7.14. The molecule has 0 fully saturated rings. The van der Waals surface area contributed by atoms with Gasteiger partial charge in [-0.2, -0.15) is 0 Å². The lowest BCUT2D eigenvalue weighted by molar-refractivity contribution is 0.427. The highest BCUT2D eigenvalue weighted by Gasteiger charge is 2.07. The Morgan fingerprint density at radius 1 is 1.47 bits per heavy atom. The van der Waals surface area contributed by atoms with Gasteiger partial charge in [0.25, 0.3) is 0 Å². The molecule has 0 radical (unpaired) electrons. The first-order valence-electron chi connectivity index (χ1n) is 5.27. The van der Waals surface area contributed by atoms with Crippen molar-refractivity contribution < 1.29 is 0 Å². The molecule has 15 heavy (non-hydrogen) atoms. The van der Waals surface area contributed by atoms with E-state index >= 15 is 0 Å². The average Bonchev–Trinajstić information content (AvgIpc) is 2.49. The molecule has 4 heteroatoms. The van der Waals surface area contributed by atoms with E-state index in [0.29, 0.717) is 0 Å². The van der Waals surface area contributed by atoms with E-state index in [-0.39, 0.29) is 5.54 Å². The van der Waals surface area contributed by atoms with Crippen LogP contribution in [0.2, 0.25) is 0 Å². The van der Waals surface area contributed by atoms with Crippen molar-refractivity contribution in [1.29, 1.82) is 0 Å². The lowest BCUT2D eigenvalue weighted by atomic mass is 10.1. The lowest BCUT2D eigenvalue weighted by Crippen LogP contribution is -2.36. The molecule has 1 N–H and O–H groups in total. The smallest absolute Gasteiger partial charge is 0.150 e. The van der Waals surface area contributed by atoms with Crippen LogP contribution in [0.4, 0.5) is 0 Å². The van der Waals surface area contributed by atoms with Crippen LogP contribution in [-0.2, 0) is 0 Å². The summed E-state index contributed by atoms with van der Waals surface area (Å²) in [6.07, 6.45) is 1.20. The lowest BCUT2D eigenvalue weighted by Gasteiger charge is -2.20. The molecule has 0 amide bonds. The summed E-state index contributed by atoms with van der Waals surface area (Å²) in [4.78, 5) is 4.42. The Hall–Kier alpha value is -0.0600. The predicted octanol–water partition coefficient (Wildman–Crippen LogP) is 3.32. The summed E-state index contributed by atoms with van der Waals surface area (Å²) in [6.45, 7) is 9.72. The largest absolute Gasteiger partial charge is 0.312 e. The maximum absolute atomic E-state index is 4.42. The second kappa shape index (κ2) is 5.87. The standard InChI is InChI=1S/C11H20N2S2/c1-9-8-15-10(13-9)14-7-5-6-12-11(2,3)4/h8,12H,5-7H2,1-4H3. The Balaban J connectivity index is 2.07. The quantitative estimate of drug-likeness (QED) is 0.635. The number of rotatable bonds is 5. The fraction of sp³-hybridized carbons (Fsp3) is 0.727. The van der Waals surface area contributed by atoms with E-state index < -0.39 is 0 Å². The van der Waals surface area contributed by atoms with Crippen LogP contribution in [0.3, 0.4) is 0 Å². The molecule has 1 rings (SSSR count). The van der Waals surface area contributed by atoms with Crippen LogP contribution >= 0.6 is 23.1 Å². The number of nitrogens with zero attached hydrogens (tertiary/aromatic N) is 1. The van der Waals surface area contributed by atoms with Crippen molar-refractivity contribution in [2.45, 2.75) is 44.0 Å². The SMILES string of the molecule is Cc1csc(SCCCNC(C)(C)C)n1. The molecule has 0 saturated carbocycles. The maximum atomic E-state index is 4.42. The van der Waals surface area contributed by atoms with Gasteiger partial charge in [0, 0.05) is 22.4 Å². The second-order valence-corrected chi connectivity index (χ2v) is 6.83. The van der Waals surface area contributed by atoms with Gasteiger partial charge < -0.3 is 5.32 Å². The number of aromatic nitrogens is 1. The van der Waals surface area contributed by atoms with Crippen LogP contribution in [0.15, 0.2) is 9.72 Å². The van der Waals surface area contributed by atoms with Crippen molar-refractivity contribution >= 4 is 23.1 Å². The monoisotopic (exact) mass is 244 g/mol. The highest BCUT2D eigenvalue weighted by atomic mass is 32.2. The van der Waals surface area contributed by atoms with Crippen molar-refractivity contribution in [2.75, 3.05) is 12.3 Å². The number of hydrogen-bond donors (Lipinski definition) is 1. The molecule has 0 unspecified atom stereocenters. The second-order valence-electron chi connectivity index (χ2n) is 4.63. The third kappa shape index (κ3) is 6.17. The minimum Gasteiger partial charge on any atom is -0.312 e. The topological polar surface area (TPSA) is 24.9 Å². The molecule has 0 aliphatic rings. The van der Waals surface area contributed by atoms with Gasteiger partial charge in [-0.15, -0.1) is 11.3 Å². The fourth-order valence-corrected chi connectivity index (χ4v) is 2.95. The molecule has 0 atom stereocenters. The third-order valence-corrected chi connectivity index (χ3v) is 4.03. The molecule has 2 nitrogen and oxygen atoms in total. The number of hydrogen-bond acceptors (Lipinski definition) is 4. The zero-order valence-electron chi connectivity index (χ0n) is 9.96. The molecule has 1 aromatic rings. The van der Waals surface area contributed by atoms with E-state index in [2.05, 4.69) is 36.5 Å². The molecule has 0 aliphatic carbocycles. The molecule has 86 valence electrons. The highest BCUT2D eigenvalue weighted by Crippen LogP contribution is 2.22. The van der Waals surface area contributed by atoms with Crippen molar-refractivity contribution in [3.8, 4) is 0 Å². The molecule has 0 aromatic carbocycles. The zero-order chi connectivity index (χ0) is 11.3. The summed E-state index contributed by atoms with van der Waals surface area (Å²) in [6, 6.07) is 0. The van der Waals surface area contributed by atoms with E-state index in [4.69, 9.17) is 0 Å². The number of nitrogens with one attached hydrogen (secondary N) is 1. The Morgan fingerprint density at radius 2 is 2.20 bits per heavy atom. The van der Waals surface area contributed by atoms with Gasteiger partial charge in [-0.3, -0.25) is 0 Å². The summed E-state index contributed by atoms with van der Waals surface area (Å²) in [5.41, 5.74) is 1.37. The van der Waals surface area contributed by atoms with Crippen molar-refractivity contribution in [3.63, 3.8) is 0 Å². The Kier molecular flexibility index (Phi) is 5.09.